The lowest BCUT2D eigenvalue weighted by atomic mass is 9.73. The summed E-state index contributed by atoms with van der Waals surface area (Å²) in [7, 11) is 0. The summed E-state index contributed by atoms with van der Waals surface area (Å²) in [6.45, 7) is 10.5. The van der Waals surface area contributed by atoms with Crippen LogP contribution in [-0.4, -0.2) is 39.9 Å². The largest absolute Gasteiger partial charge is 0.381 e. The van der Waals surface area contributed by atoms with E-state index < -0.39 is 0 Å². The van der Waals surface area contributed by atoms with Gasteiger partial charge in [0.25, 0.3) is 0 Å². The molecular formula is C24H29N5O. The highest BCUT2D eigenvalue weighted by Crippen LogP contribution is 2.44. The van der Waals surface area contributed by atoms with Gasteiger partial charge in [-0.15, -0.1) is 0 Å². The first-order chi connectivity index (χ1) is 14.5. The molecule has 156 valence electrons. The Kier molecular flexibility index (Phi) is 4.69. The number of allylic oxidation sites excluding steroid dienone is 1. The fourth-order valence-corrected chi connectivity index (χ4v) is 4.68. The van der Waals surface area contributed by atoms with E-state index in [4.69, 9.17) is 19.7 Å². The van der Waals surface area contributed by atoms with E-state index in [2.05, 4.69) is 56.2 Å². The van der Waals surface area contributed by atoms with Gasteiger partial charge in [-0.05, 0) is 44.7 Å². The van der Waals surface area contributed by atoms with Crippen LogP contribution in [0.25, 0.3) is 5.57 Å². The molecule has 2 aromatic heterocycles. The number of ether oxygens (including phenoxy) is 1. The zero-order valence-electron chi connectivity index (χ0n) is 18.2. The highest BCUT2D eigenvalue weighted by Gasteiger charge is 2.41. The Morgan fingerprint density at radius 3 is 2.73 bits per heavy atom. The van der Waals surface area contributed by atoms with Crippen LogP contribution >= 0.6 is 0 Å². The molecule has 0 bridgehead atoms. The lowest BCUT2D eigenvalue weighted by Crippen LogP contribution is -2.34. The van der Waals surface area contributed by atoms with Gasteiger partial charge in [0, 0.05) is 48.7 Å². The third-order valence-corrected chi connectivity index (χ3v) is 7.05. The van der Waals surface area contributed by atoms with Crippen molar-refractivity contribution in [3.05, 3.63) is 47.1 Å². The van der Waals surface area contributed by atoms with Crippen LogP contribution in [0.2, 0.25) is 0 Å². The summed E-state index contributed by atoms with van der Waals surface area (Å²) in [5, 5.41) is 3.47. The standard InChI is InChI=1S/C24H29N5O/c1-14(2)24(4)15(3)26-21-8-7-19(28-22(21)24)17-5-6-20-18(17)13-25-23(29-20)27-16-9-11-30-12-10-16/h5,7-8,13-14,16H,6,9-12H2,1-4H3,(H,25,27,29). The van der Waals surface area contributed by atoms with E-state index >= 15 is 0 Å². The highest BCUT2D eigenvalue weighted by molar-refractivity contribution is 5.99. The maximum Gasteiger partial charge on any atom is 0.223 e. The smallest absolute Gasteiger partial charge is 0.223 e. The quantitative estimate of drug-likeness (QED) is 0.815. The number of aromatic nitrogens is 3. The van der Waals surface area contributed by atoms with Crippen molar-refractivity contribution in [1.82, 2.24) is 15.0 Å². The Balaban J connectivity index is 1.43. The number of hydrogen-bond acceptors (Lipinski definition) is 6. The number of anilines is 1. The molecule has 2 aromatic rings. The van der Waals surface area contributed by atoms with Gasteiger partial charge in [0.05, 0.1) is 28.2 Å². The Bertz CT molecular complexity index is 1050. The van der Waals surface area contributed by atoms with Crippen LogP contribution < -0.4 is 5.32 Å². The van der Waals surface area contributed by atoms with Crippen molar-refractivity contribution in [3.63, 3.8) is 0 Å². The van der Waals surface area contributed by atoms with Gasteiger partial charge in [-0.1, -0.05) is 19.9 Å². The molecule has 1 atom stereocenters. The van der Waals surface area contributed by atoms with Crippen LogP contribution in [0.3, 0.4) is 0 Å². The molecule has 30 heavy (non-hydrogen) atoms. The molecule has 0 saturated carbocycles. The Hall–Kier alpha value is -2.60. The molecule has 1 aliphatic carbocycles. The van der Waals surface area contributed by atoms with Crippen molar-refractivity contribution >= 4 is 22.9 Å². The minimum Gasteiger partial charge on any atom is -0.381 e. The summed E-state index contributed by atoms with van der Waals surface area (Å²) >= 11 is 0. The number of fused-ring (bicyclic) bond motifs is 2. The van der Waals surface area contributed by atoms with Gasteiger partial charge in [-0.2, -0.15) is 0 Å². The fraction of sp³-hybridized carbons (Fsp3) is 0.500. The third-order valence-electron chi connectivity index (χ3n) is 7.05. The third kappa shape index (κ3) is 3.05. The summed E-state index contributed by atoms with van der Waals surface area (Å²) in [6, 6.07) is 4.58. The number of aliphatic imine (C=N–C) groups is 1. The predicted octanol–water partition coefficient (Wildman–Crippen LogP) is 4.47. The molecule has 0 spiro atoms. The first-order valence-corrected chi connectivity index (χ1v) is 10.9. The second-order valence-electron chi connectivity index (χ2n) is 9.03. The SMILES string of the molecule is CC1=Nc2ccc(C3=CCc4nc(NC5CCOCC5)ncc43)nc2C1(C)C(C)C. The van der Waals surface area contributed by atoms with E-state index in [1.807, 2.05) is 6.20 Å². The van der Waals surface area contributed by atoms with E-state index in [-0.39, 0.29) is 5.41 Å². The summed E-state index contributed by atoms with van der Waals surface area (Å²) in [4.78, 5) is 19.3. The van der Waals surface area contributed by atoms with Gasteiger partial charge in [0.2, 0.25) is 5.95 Å². The topological polar surface area (TPSA) is 72.3 Å². The van der Waals surface area contributed by atoms with Crippen molar-refractivity contribution in [2.45, 2.75) is 58.4 Å². The first kappa shape index (κ1) is 19.4. The molecule has 5 rings (SSSR count). The molecule has 1 unspecified atom stereocenters. The fourth-order valence-electron chi connectivity index (χ4n) is 4.68. The summed E-state index contributed by atoms with van der Waals surface area (Å²) in [5.74, 6) is 1.14. The second-order valence-corrected chi connectivity index (χ2v) is 9.03. The van der Waals surface area contributed by atoms with Gasteiger partial charge >= 0.3 is 0 Å². The highest BCUT2D eigenvalue weighted by atomic mass is 16.5. The van der Waals surface area contributed by atoms with Crippen molar-refractivity contribution < 1.29 is 4.74 Å². The molecule has 1 N–H and O–H groups in total. The van der Waals surface area contributed by atoms with Gasteiger partial charge < -0.3 is 10.1 Å². The van der Waals surface area contributed by atoms with Crippen molar-refractivity contribution in [2.75, 3.05) is 18.5 Å². The summed E-state index contributed by atoms with van der Waals surface area (Å²) in [5.41, 5.74) is 7.36. The first-order valence-electron chi connectivity index (χ1n) is 10.9. The Morgan fingerprint density at radius 1 is 1.17 bits per heavy atom. The predicted molar refractivity (Wildman–Crippen MR) is 119 cm³/mol. The number of nitrogens with zero attached hydrogens (tertiary/aromatic N) is 4. The Labute approximate surface area is 177 Å². The van der Waals surface area contributed by atoms with Crippen LogP contribution in [-0.2, 0) is 16.6 Å². The zero-order valence-corrected chi connectivity index (χ0v) is 18.2. The van der Waals surface area contributed by atoms with Crippen molar-refractivity contribution in [3.8, 4) is 0 Å². The van der Waals surface area contributed by atoms with Crippen LogP contribution in [0.15, 0.2) is 29.4 Å². The Morgan fingerprint density at radius 2 is 1.97 bits per heavy atom. The monoisotopic (exact) mass is 403 g/mol. The molecule has 0 amide bonds. The van der Waals surface area contributed by atoms with Crippen LogP contribution in [0.5, 0.6) is 0 Å². The van der Waals surface area contributed by atoms with E-state index in [0.29, 0.717) is 17.9 Å². The number of hydrogen-bond donors (Lipinski definition) is 1. The molecule has 6 nitrogen and oxygen atoms in total. The average molecular weight is 404 g/mol. The van der Waals surface area contributed by atoms with Crippen LogP contribution in [0.4, 0.5) is 11.6 Å². The normalized spacial score (nSPS) is 23.2. The molecule has 0 aromatic carbocycles. The molecule has 1 fully saturated rings. The van der Waals surface area contributed by atoms with Crippen molar-refractivity contribution in [2.24, 2.45) is 10.9 Å². The van der Waals surface area contributed by atoms with Gasteiger partial charge in [0.1, 0.15) is 0 Å². The lowest BCUT2D eigenvalue weighted by molar-refractivity contribution is 0.0903. The maximum absolute atomic E-state index is 5.44. The van der Waals surface area contributed by atoms with Gasteiger partial charge in [-0.3, -0.25) is 4.99 Å². The van der Waals surface area contributed by atoms with E-state index in [9.17, 15) is 0 Å². The lowest BCUT2D eigenvalue weighted by Gasteiger charge is -2.29. The molecule has 3 aliphatic rings. The van der Waals surface area contributed by atoms with Crippen LogP contribution in [0, 0.1) is 5.92 Å². The maximum atomic E-state index is 5.44. The molecule has 2 aliphatic heterocycles. The van der Waals surface area contributed by atoms with E-state index in [1.54, 1.807) is 0 Å². The number of rotatable bonds is 4. The second kappa shape index (κ2) is 7.27. The molecule has 6 heteroatoms. The van der Waals surface area contributed by atoms with Gasteiger partial charge in [-0.25, -0.2) is 15.0 Å². The molecule has 0 radical (unpaired) electrons. The number of nitrogens with one attached hydrogen (secondary N) is 1. The molecule has 1 saturated heterocycles. The average Bonchev–Trinajstić information content (AvgIpc) is 3.27. The molecular weight excluding hydrogens is 374 g/mol. The minimum atomic E-state index is -0.124. The summed E-state index contributed by atoms with van der Waals surface area (Å²) < 4.78 is 5.44. The number of pyridine rings is 1. The molecule has 4 heterocycles. The van der Waals surface area contributed by atoms with E-state index in [1.165, 1.54) is 0 Å². The van der Waals surface area contributed by atoms with E-state index in [0.717, 1.165) is 72.1 Å². The van der Waals surface area contributed by atoms with Gasteiger partial charge in [0.15, 0.2) is 0 Å². The summed E-state index contributed by atoms with van der Waals surface area (Å²) in [6.07, 6.45) is 6.98. The zero-order chi connectivity index (χ0) is 20.9. The van der Waals surface area contributed by atoms with Crippen molar-refractivity contribution in [1.29, 1.82) is 0 Å². The van der Waals surface area contributed by atoms with Crippen LogP contribution in [0.1, 0.15) is 63.2 Å². The minimum absolute atomic E-state index is 0.124.